The zero-order valence-electron chi connectivity index (χ0n) is 15.9. The van der Waals surface area contributed by atoms with Crippen molar-refractivity contribution in [3.63, 3.8) is 0 Å². The Balaban J connectivity index is 1.74. The van der Waals surface area contributed by atoms with Crippen molar-refractivity contribution in [2.45, 2.75) is 13.5 Å². The van der Waals surface area contributed by atoms with Gasteiger partial charge in [0, 0.05) is 23.7 Å². The summed E-state index contributed by atoms with van der Waals surface area (Å²) in [4.78, 5) is 44.2. The SMILES string of the molecule is CCn1c(=O)[nH]c2cc(C(=O)Nc3ccc(OC)c4ncccc34)ccc2c1=O. The number of carbonyl (C=O) groups excluding carboxylic acids is 1. The van der Waals surface area contributed by atoms with Crippen molar-refractivity contribution in [3.05, 3.63) is 75.1 Å². The van der Waals surface area contributed by atoms with Crippen LogP contribution in [0.4, 0.5) is 5.69 Å². The van der Waals surface area contributed by atoms with Crippen molar-refractivity contribution in [1.29, 1.82) is 0 Å². The van der Waals surface area contributed by atoms with E-state index in [1.165, 1.54) is 6.07 Å². The second kappa shape index (κ2) is 7.23. The number of hydrogen-bond acceptors (Lipinski definition) is 5. The number of rotatable bonds is 4. The highest BCUT2D eigenvalue weighted by molar-refractivity contribution is 6.10. The van der Waals surface area contributed by atoms with Crippen LogP contribution in [0, 0.1) is 0 Å². The third kappa shape index (κ3) is 3.14. The molecule has 2 aromatic carbocycles. The topological polar surface area (TPSA) is 106 Å². The summed E-state index contributed by atoms with van der Waals surface area (Å²) in [7, 11) is 1.56. The first kappa shape index (κ1) is 18.4. The average Bonchev–Trinajstić information content (AvgIpc) is 2.74. The Labute approximate surface area is 164 Å². The van der Waals surface area contributed by atoms with Gasteiger partial charge in [-0.25, -0.2) is 4.79 Å². The summed E-state index contributed by atoms with van der Waals surface area (Å²) in [5.41, 5.74) is 0.957. The van der Waals surface area contributed by atoms with Crippen molar-refractivity contribution in [2.24, 2.45) is 0 Å². The first-order valence-electron chi connectivity index (χ1n) is 9.03. The van der Waals surface area contributed by atoms with Gasteiger partial charge in [-0.2, -0.15) is 0 Å². The lowest BCUT2D eigenvalue weighted by atomic mass is 10.1. The maximum Gasteiger partial charge on any atom is 0.328 e. The number of aromatic nitrogens is 3. The summed E-state index contributed by atoms with van der Waals surface area (Å²) in [5.74, 6) is 0.233. The lowest BCUT2D eigenvalue weighted by Crippen LogP contribution is -2.34. The molecule has 8 heteroatoms. The molecule has 29 heavy (non-hydrogen) atoms. The smallest absolute Gasteiger partial charge is 0.328 e. The van der Waals surface area contributed by atoms with Crippen molar-refractivity contribution in [3.8, 4) is 5.75 Å². The van der Waals surface area contributed by atoms with Crippen molar-refractivity contribution in [1.82, 2.24) is 14.5 Å². The summed E-state index contributed by atoms with van der Waals surface area (Å²) in [6.45, 7) is 1.99. The van der Waals surface area contributed by atoms with Gasteiger partial charge in [0.2, 0.25) is 0 Å². The minimum atomic E-state index is -0.505. The lowest BCUT2D eigenvalue weighted by molar-refractivity contribution is 0.102. The summed E-state index contributed by atoms with van der Waals surface area (Å²) < 4.78 is 6.43. The zero-order chi connectivity index (χ0) is 20.5. The molecule has 0 spiro atoms. The van der Waals surface area contributed by atoms with Gasteiger partial charge in [-0.1, -0.05) is 0 Å². The van der Waals surface area contributed by atoms with E-state index in [0.717, 1.165) is 9.95 Å². The van der Waals surface area contributed by atoms with Crippen LogP contribution in [-0.4, -0.2) is 27.6 Å². The molecule has 0 aliphatic rings. The second-order valence-corrected chi connectivity index (χ2v) is 6.41. The molecule has 0 saturated heterocycles. The van der Waals surface area contributed by atoms with Gasteiger partial charge in [-0.15, -0.1) is 0 Å². The third-order valence-electron chi connectivity index (χ3n) is 4.76. The summed E-state index contributed by atoms with van der Waals surface area (Å²) in [6, 6.07) is 11.7. The van der Waals surface area contributed by atoms with E-state index in [0.29, 0.717) is 33.4 Å². The zero-order valence-corrected chi connectivity index (χ0v) is 15.9. The summed E-state index contributed by atoms with van der Waals surface area (Å²) in [5, 5.41) is 3.94. The van der Waals surface area contributed by atoms with Crippen LogP contribution in [0.15, 0.2) is 58.3 Å². The number of methoxy groups -OCH3 is 1. The number of ether oxygens (including phenoxy) is 1. The van der Waals surface area contributed by atoms with E-state index in [2.05, 4.69) is 15.3 Å². The van der Waals surface area contributed by atoms with Crippen molar-refractivity contribution in [2.75, 3.05) is 12.4 Å². The Morgan fingerprint density at radius 3 is 2.76 bits per heavy atom. The van der Waals surface area contributed by atoms with Gasteiger partial charge in [-0.3, -0.25) is 19.1 Å². The molecule has 0 bridgehead atoms. The van der Waals surface area contributed by atoms with E-state index in [1.807, 2.05) is 6.07 Å². The fourth-order valence-electron chi connectivity index (χ4n) is 3.30. The number of aromatic amines is 1. The molecule has 4 aromatic rings. The number of hydrogen-bond donors (Lipinski definition) is 2. The summed E-state index contributed by atoms with van der Waals surface area (Å²) in [6.07, 6.45) is 1.65. The van der Waals surface area contributed by atoms with Crippen LogP contribution in [0.2, 0.25) is 0 Å². The number of nitrogens with one attached hydrogen (secondary N) is 2. The number of nitrogens with zero attached hydrogens (tertiary/aromatic N) is 2. The van der Waals surface area contributed by atoms with Crippen LogP contribution in [0.5, 0.6) is 5.75 Å². The van der Waals surface area contributed by atoms with E-state index < -0.39 is 5.69 Å². The molecule has 0 aliphatic heterocycles. The number of fused-ring (bicyclic) bond motifs is 2. The molecule has 0 fully saturated rings. The van der Waals surface area contributed by atoms with Gasteiger partial charge in [-0.05, 0) is 49.4 Å². The van der Waals surface area contributed by atoms with Gasteiger partial charge in [0.1, 0.15) is 11.3 Å². The molecule has 4 rings (SSSR count). The molecule has 2 heterocycles. The molecule has 146 valence electrons. The number of H-pyrrole nitrogens is 1. The van der Waals surface area contributed by atoms with Gasteiger partial charge in [0.05, 0.1) is 23.7 Å². The Kier molecular flexibility index (Phi) is 4.59. The minimum Gasteiger partial charge on any atom is -0.494 e. The molecule has 0 saturated carbocycles. The molecule has 0 unspecified atom stereocenters. The monoisotopic (exact) mass is 390 g/mol. The minimum absolute atomic E-state index is 0.269. The molecule has 0 aliphatic carbocycles. The number of anilines is 1. The Bertz CT molecular complexity index is 1370. The number of pyridine rings is 1. The lowest BCUT2D eigenvalue weighted by Gasteiger charge is -2.11. The fraction of sp³-hybridized carbons (Fsp3) is 0.143. The Morgan fingerprint density at radius 1 is 1.17 bits per heavy atom. The van der Waals surface area contributed by atoms with E-state index in [1.54, 1.807) is 50.6 Å². The highest BCUT2D eigenvalue weighted by Crippen LogP contribution is 2.30. The number of carbonyl (C=O) groups is 1. The van der Waals surface area contributed by atoms with E-state index in [9.17, 15) is 14.4 Å². The fourth-order valence-corrected chi connectivity index (χ4v) is 3.30. The van der Waals surface area contributed by atoms with Crippen LogP contribution in [0.25, 0.3) is 21.8 Å². The van der Waals surface area contributed by atoms with Crippen molar-refractivity contribution >= 4 is 33.4 Å². The largest absolute Gasteiger partial charge is 0.494 e. The second-order valence-electron chi connectivity index (χ2n) is 6.41. The van der Waals surface area contributed by atoms with Crippen molar-refractivity contribution < 1.29 is 9.53 Å². The standard InChI is InChI=1S/C21H18N4O4/c1-3-25-20(27)14-7-6-12(11-16(14)24-21(25)28)19(26)23-15-8-9-17(29-2)18-13(15)5-4-10-22-18/h4-11H,3H2,1-2H3,(H,23,26)(H,24,28). The quantitative estimate of drug-likeness (QED) is 0.557. The van der Waals surface area contributed by atoms with Gasteiger partial charge >= 0.3 is 5.69 Å². The predicted molar refractivity (Wildman–Crippen MR) is 111 cm³/mol. The third-order valence-corrected chi connectivity index (χ3v) is 4.76. The molecular formula is C21H18N4O4. The Morgan fingerprint density at radius 2 is 2.00 bits per heavy atom. The maximum absolute atomic E-state index is 12.8. The molecule has 2 aromatic heterocycles. The highest BCUT2D eigenvalue weighted by Gasteiger charge is 2.13. The average molecular weight is 390 g/mol. The Hall–Kier alpha value is -3.94. The molecular weight excluding hydrogens is 372 g/mol. The molecule has 8 nitrogen and oxygen atoms in total. The van der Waals surface area contributed by atoms with Gasteiger partial charge in [0.15, 0.2) is 0 Å². The summed E-state index contributed by atoms with van der Waals surface area (Å²) >= 11 is 0. The highest BCUT2D eigenvalue weighted by atomic mass is 16.5. The number of benzene rings is 2. The number of amides is 1. The molecule has 0 atom stereocenters. The van der Waals surface area contributed by atoms with Crippen LogP contribution in [-0.2, 0) is 6.54 Å². The van der Waals surface area contributed by atoms with Crippen LogP contribution in [0.1, 0.15) is 17.3 Å². The van der Waals surface area contributed by atoms with Crippen LogP contribution < -0.4 is 21.3 Å². The molecule has 2 N–H and O–H groups in total. The van der Waals surface area contributed by atoms with Gasteiger partial charge < -0.3 is 15.0 Å². The van der Waals surface area contributed by atoms with Crippen LogP contribution in [0.3, 0.4) is 0 Å². The molecule has 0 radical (unpaired) electrons. The van der Waals surface area contributed by atoms with Gasteiger partial charge in [0.25, 0.3) is 11.5 Å². The first-order chi connectivity index (χ1) is 14.0. The first-order valence-corrected chi connectivity index (χ1v) is 9.03. The predicted octanol–water partition coefficient (Wildman–Crippen LogP) is 2.52. The van der Waals surface area contributed by atoms with Crippen LogP contribution >= 0.6 is 0 Å². The molecule has 1 amide bonds. The van der Waals surface area contributed by atoms with E-state index in [4.69, 9.17) is 4.74 Å². The normalized spacial score (nSPS) is 11.0. The van der Waals surface area contributed by atoms with E-state index in [-0.39, 0.29) is 18.0 Å². The maximum atomic E-state index is 12.8. The van der Waals surface area contributed by atoms with E-state index >= 15 is 0 Å².